The summed E-state index contributed by atoms with van der Waals surface area (Å²) < 4.78 is 0. The van der Waals surface area contributed by atoms with Crippen LogP contribution in [0.15, 0.2) is 30.5 Å². The number of carboxylic acids is 1. The van der Waals surface area contributed by atoms with E-state index in [2.05, 4.69) is 36.3 Å². The van der Waals surface area contributed by atoms with E-state index in [1.807, 2.05) is 0 Å². The molecule has 1 atom stereocenters. The van der Waals surface area contributed by atoms with Crippen LogP contribution in [0.3, 0.4) is 0 Å². The van der Waals surface area contributed by atoms with Gasteiger partial charge in [0.1, 0.15) is 0 Å². The largest absolute Gasteiger partial charge is 0.478 e. The highest BCUT2D eigenvalue weighted by Gasteiger charge is 2.12. The zero-order chi connectivity index (χ0) is 13.8. The summed E-state index contributed by atoms with van der Waals surface area (Å²) in [5.74, 6) is -0.940. The molecule has 4 nitrogen and oxygen atoms in total. The summed E-state index contributed by atoms with van der Waals surface area (Å²) in [5, 5.41) is 12.4. The first-order chi connectivity index (χ1) is 9.08. The number of hydrogen-bond acceptors (Lipinski definition) is 4. The van der Waals surface area contributed by atoms with Gasteiger partial charge >= 0.3 is 5.97 Å². The Kier molecular flexibility index (Phi) is 4.29. The molecule has 0 aliphatic heterocycles. The van der Waals surface area contributed by atoms with Crippen LogP contribution in [-0.4, -0.2) is 16.1 Å². The number of pyridine rings is 1. The lowest BCUT2D eigenvalue weighted by Crippen LogP contribution is -2.20. The molecule has 2 aromatic heterocycles. The third kappa shape index (κ3) is 3.39. The molecule has 0 aliphatic carbocycles. The van der Waals surface area contributed by atoms with E-state index in [9.17, 15) is 4.79 Å². The van der Waals surface area contributed by atoms with Crippen LogP contribution in [0, 0.1) is 6.92 Å². The van der Waals surface area contributed by atoms with Crippen molar-refractivity contribution in [3.8, 4) is 0 Å². The second-order valence-corrected chi connectivity index (χ2v) is 5.67. The molecule has 0 aromatic carbocycles. The summed E-state index contributed by atoms with van der Waals surface area (Å²) in [6.07, 6.45) is 1.61. The zero-order valence-electron chi connectivity index (χ0n) is 10.9. The quantitative estimate of drug-likeness (QED) is 0.881. The smallest absolute Gasteiger partial charge is 0.337 e. The summed E-state index contributed by atoms with van der Waals surface area (Å²) >= 11 is 1.74. The van der Waals surface area contributed by atoms with Crippen LogP contribution in [-0.2, 0) is 6.54 Å². The van der Waals surface area contributed by atoms with Gasteiger partial charge in [0.15, 0.2) is 0 Å². The molecule has 0 fully saturated rings. The van der Waals surface area contributed by atoms with E-state index in [-0.39, 0.29) is 11.6 Å². The summed E-state index contributed by atoms with van der Waals surface area (Å²) in [4.78, 5) is 17.7. The first kappa shape index (κ1) is 13.7. The van der Waals surface area contributed by atoms with Crippen LogP contribution < -0.4 is 5.32 Å². The fourth-order valence-electron chi connectivity index (χ4n) is 1.81. The van der Waals surface area contributed by atoms with Gasteiger partial charge in [-0.15, -0.1) is 11.3 Å². The van der Waals surface area contributed by atoms with Crippen LogP contribution in [0.4, 0.5) is 0 Å². The van der Waals surface area contributed by atoms with Gasteiger partial charge in [0.25, 0.3) is 0 Å². The number of thiophene rings is 1. The van der Waals surface area contributed by atoms with Crippen molar-refractivity contribution in [3.63, 3.8) is 0 Å². The number of carbonyl (C=O) groups is 1. The van der Waals surface area contributed by atoms with Gasteiger partial charge in [-0.05, 0) is 38.1 Å². The number of hydrogen-bond donors (Lipinski definition) is 2. The van der Waals surface area contributed by atoms with E-state index in [4.69, 9.17) is 5.11 Å². The van der Waals surface area contributed by atoms with E-state index >= 15 is 0 Å². The molecule has 100 valence electrons. The second kappa shape index (κ2) is 5.95. The maximum absolute atomic E-state index is 11.1. The van der Waals surface area contributed by atoms with Crippen molar-refractivity contribution in [3.05, 3.63) is 51.5 Å². The van der Waals surface area contributed by atoms with Gasteiger partial charge < -0.3 is 10.4 Å². The van der Waals surface area contributed by atoms with Gasteiger partial charge in [-0.25, -0.2) is 4.79 Å². The Hall–Kier alpha value is -1.72. The highest BCUT2D eigenvalue weighted by molar-refractivity contribution is 7.12. The van der Waals surface area contributed by atoms with Crippen molar-refractivity contribution in [2.75, 3.05) is 0 Å². The average Bonchev–Trinajstić information content (AvgIpc) is 2.83. The lowest BCUT2D eigenvalue weighted by atomic mass is 10.2. The fraction of sp³-hybridized carbons (Fsp3) is 0.286. The molecule has 0 aliphatic rings. The van der Waals surface area contributed by atoms with E-state index in [1.165, 1.54) is 9.75 Å². The SMILES string of the molecule is Cc1ccc(C(C)NCc2ncccc2C(=O)O)s1. The van der Waals surface area contributed by atoms with Crippen LogP contribution in [0.5, 0.6) is 0 Å². The Balaban J connectivity index is 2.05. The Labute approximate surface area is 116 Å². The molecule has 0 bridgehead atoms. The Morgan fingerprint density at radius 1 is 1.47 bits per heavy atom. The molecule has 0 saturated carbocycles. The number of rotatable bonds is 5. The minimum atomic E-state index is -0.940. The maximum Gasteiger partial charge on any atom is 0.337 e. The molecular weight excluding hydrogens is 260 g/mol. The molecule has 19 heavy (non-hydrogen) atoms. The molecule has 2 N–H and O–H groups in total. The summed E-state index contributed by atoms with van der Waals surface area (Å²) in [6, 6.07) is 7.57. The minimum Gasteiger partial charge on any atom is -0.478 e. The minimum absolute atomic E-state index is 0.183. The monoisotopic (exact) mass is 276 g/mol. The highest BCUT2D eigenvalue weighted by Crippen LogP contribution is 2.22. The van der Waals surface area contributed by atoms with E-state index in [0.29, 0.717) is 12.2 Å². The van der Waals surface area contributed by atoms with E-state index < -0.39 is 5.97 Å². The van der Waals surface area contributed by atoms with Crippen LogP contribution in [0.2, 0.25) is 0 Å². The fourth-order valence-corrected chi connectivity index (χ4v) is 2.71. The van der Waals surface area contributed by atoms with Crippen LogP contribution in [0.25, 0.3) is 0 Å². The topological polar surface area (TPSA) is 62.2 Å². The molecular formula is C14H16N2O2S. The lowest BCUT2D eigenvalue weighted by molar-refractivity contribution is 0.0695. The van der Waals surface area contributed by atoms with Crippen LogP contribution >= 0.6 is 11.3 Å². The predicted molar refractivity (Wildman–Crippen MR) is 75.5 cm³/mol. The first-order valence-electron chi connectivity index (χ1n) is 6.05. The number of nitrogens with zero attached hydrogens (tertiary/aromatic N) is 1. The molecule has 2 aromatic rings. The van der Waals surface area contributed by atoms with Crippen molar-refractivity contribution in [1.29, 1.82) is 0 Å². The van der Waals surface area contributed by atoms with Crippen molar-refractivity contribution in [1.82, 2.24) is 10.3 Å². The first-order valence-corrected chi connectivity index (χ1v) is 6.86. The Bertz CT molecular complexity index is 580. The molecule has 2 heterocycles. The van der Waals surface area contributed by atoms with Gasteiger partial charge in [-0.3, -0.25) is 4.98 Å². The summed E-state index contributed by atoms with van der Waals surface area (Å²) in [7, 11) is 0. The Morgan fingerprint density at radius 2 is 2.26 bits per heavy atom. The lowest BCUT2D eigenvalue weighted by Gasteiger charge is -2.12. The maximum atomic E-state index is 11.1. The van der Waals surface area contributed by atoms with E-state index in [0.717, 1.165) is 0 Å². The number of aryl methyl sites for hydroxylation is 1. The summed E-state index contributed by atoms with van der Waals surface area (Å²) in [6.45, 7) is 4.58. The standard InChI is InChI=1S/C14H16N2O2S/c1-9-5-6-13(19-9)10(2)16-8-12-11(14(17)18)4-3-7-15-12/h3-7,10,16H,8H2,1-2H3,(H,17,18). The van der Waals surface area contributed by atoms with Crippen molar-refractivity contribution >= 4 is 17.3 Å². The van der Waals surface area contributed by atoms with E-state index in [1.54, 1.807) is 29.7 Å². The highest BCUT2D eigenvalue weighted by atomic mass is 32.1. The normalized spacial score (nSPS) is 12.3. The number of carboxylic acid groups (broad SMARTS) is 1. The van der Waals surface area contributed by atoms with Crippen LogP contribution in [0.1, 0.15) is 38.8 Å². The van der Waals surface area contributed by atoms with Crippen molar-refractivity contribution in [2.45, 2.75) is 26.4 Å². The van der Waals surface area contributed by atoms with Gasteiger partial charge in [0.2, 0.25) is 0 Å². The number of nitrogens with one attached hydrogen (secondary N) is 1. The zero-order valence-corrected chi connectivity index (χ0v) is 11.7. The molecule has 2 rings (SSSR count). The van der Waals surface area contributed by atoms with Gasteiger partial charge in [0.05, 0.1) is 11.3 Å². The average molecular weight is 276 g/mol. The summed E-state index contributed by atoms with van der Waals surface area (Å²) in [5.41, 5.74) is 0.819. The molecule has 0 spiro atoms. The van der Waals surface area contributed by atoms with Gasteiger partial charge in [-0.1, -0.05) is 0 Å². The molecule has 1 unspecified atom stereocenters. The van der Waals surface area contributed by atoms with Gasteiger partial charge in [-0.2, -0.15) is 0 Å². The molecule has 0 saturated heterocycles. The van der Waals surface area contributed by atoms with Crippen molar-refractivity contribution < 1.29 is 9.90 Å². The molecule has 0 radical (unpaired) electrons. The number of aromatic nitrogens is 1. The third-order valence-electron chi connectivity index (χ3n) is 2.88. The third-order valence-corrected chi connectivity index (χ3v) is 4.07. The molecule has 0 amide bonds. The Morgan fingerprint density at radius 3 is 2.89 bits per heavy atom. The number of aromatic carboxylic acids is 1. The predicted octanol–water partition coefficient (Wildman–Crippen LogP) is 3.00. The van der Waals surface area contributed by atoms with Crippen molar-refractivity contribution in [2.24, 2.45) is 0 Å². The van der Waals surface area contributed by atoms with Gasteiger partial charge in [0, 0.05) is 28.5 Å². The second-order valence-electron chi connectivity index (χ2n) is 4.35. The molecule has 5 heteroatoms.